The summed E-state index contributed by atoms with van der Waals surface area (Å²) in [4.78, 5) is 13.7. The summed E-state index contributed by atoms with van der Waals surface area (Å²) in [5.41, 5.74) is -7.54. The monoisotopic (exact) mass is 669 g/mol. The number of alkyl halides is 9. The highest BCUT2D eigenvalue weighted by Crippen LogP contribution is 2.44. The zero-order valence-corrected chi connectivity index (χ0v) is 24.7. The highest BCUT2D eigenvalue weighted by Gasteiger charge is 2.43. The summed E-state index contributed by atoms with van der Waals surface area (Å²) in [6.45, 7) is 4.31. The summed E-state index contributed by atoms with van der Waals surface area (Å²) in [7, 11) is 1.26. The van der Waals surface area contributed by atoms with Crippen molar-refractivity contribution >= 4 is 17.9 Å². The number of rotatable bonds is 7. The predicted molar refractivity (Wildman–Crippen MR) is 145 cm³/mol. The second-order valence-corrected chi connectivity index (χ2v) is 11.7. The number of cyclic esters (lactones) is 1. The highest BCUT2D eigenvalue weighted by molar-refractivity contribution is 8.00. The standard InChI is InChI=1S/C30H25F10NO3S/c1-14(2)22-11-23(25(43-4)12-24(22)31)21-6-5-20(45-30(38,39)40)9-17(21)13-41-15(3)26(44-27(41)42)16-7-18(28(32,33)34)10-19(8-16)29(35,36)37/h5-12,14-15,26H,13H2,1-4H3/t15-,26-/m0/s1. The molecule has 4 nitrogen and oxygen atoms in total. The van der Waals surface area contributed by atoms with Gasteiger partial charge in [-0.2, -0.15) is 39.5 Å². The maximum absolute atomic E-state index is 14.8. The van der Waals surface area contributed by atoms with E-state index in [1.807, 2.05) is 0 Å². The zero-order valence-electron chi connectivity index (χ0n) is 23.9. The number of hydrogen-bond donors (Lipinski definition) is 0. The van der Waals surface area contributed by atoms with Crippen molar-refractivity contribution in [2.75, 3.05) is 7.11 Å². The lowest BCUT2D eigenvalue weighted by Gasteiger charge is -2.24. The second kappa shape index (κ2) is 12.3. The maximum Gasteiger partial charge on any atom is 0.446 e. The number of carbonyl (C=O) groups excluding carboxylic acids is 1. The van der Waals surface area contributed by atoms with Gasteiger partial charge in [0.1, 0.15) is 17.7 Å². The molecule has 1 heterocycles. The van der Waals surface area contributed by atoms with Gasteiger partial charge in [-0.15, -0.1) is 0 Å². The molecule has 1 amide bonds. The molecule has 0 unspecified atom stereocenters. The fourth-order valence-electron chi connectivity index (χ4n) is 5.04. The molecule has 0 spiro atoms. The second-order valence-electron chi connectivity index (χ2n) is 10.6. The molecule has 1 fully saturated rings. The van der Waals surface area contributed by atoms with E-state index >= 15 is 0 Å². The Kier molecular flexibility index (Phi) is 9.36. The van der Waals surface area contributed by atoms with Crippen molar-refractivity contribution in [3.05, 3.63) is 82.2 Å². The van der Waals surface area contributed by atoms with E-state index in [-0.39, 0.29) is 44.9 Å². The molecule has 0 saturated carbocycles. The summed E-state index contributed by atoms with van der Waals surface area (Å²) in [6, 6.07) is 5.91. The average Bonchev–Trinajstić information content (AvgIpc) is 3.19. The lowest BCUT2D eigenvalue weighted by molar-refractivity contribution is -0.143. The molecule has 0 aromatic heterocycles. The zero-order chi connectivity index (χ0) is 33.6. The molecule has 0 bridgehead atoms. The first-order valence-corrected chi connectivity index (χ1v) is 14.0. The quantitative estimate of drug-likeness (QED) is 0.185. The van der Waals surface area contributed by atoms with Crippen molar-refractivity contribution < 1.29 is 58.2 Å². The van der Waals surface area contributed by atoms with E-state index in [2.05, 4.69) is 0 Å². The largest absolute Gasteiger partial charge is 0.496 e. The van der Waals surface area contributed by atoms with Crippen LogP contribution in [0.5, 0.6) is 5.75 Å². The minimum atomic E-state index is -5.14. The van der Waals surface area contributed by atoms with Gasteiger partial charge in [0.25, 0.3) is 0 Å². The van der Waals surface area contributed by atoms with E-state index in [0.29, 0.717) is 12.1 Å². The van der Waals surface area contributed by atoms with Crippen LogP contribution in [0.4, 0.5) is 48.7 Å². The number of halogens is 10. The number of amides is 1. The van der Waals surface area contributed by atoms with Gasteiger partial charge >= 0.3 is 24.0 Å². The molecule has 1 aliphatic rings. The number of carbonyl (C=O) groups is 1. The Morgan fingerprint density at radius 1 is 0.889 bits per heavy atom. The van der Waals surface area contributed by atoms with Crippen molar-refractivity contribution in [2.45, 2.75) is 68.1 Å². The molecular formula is C30H25F10NO3S. The van der Waals surface area contributed by atoms with Crippen LogP contribution in [-0.2, 0) is 23.6 Å². The van der Waals surface area contributed by atoms with Crippen molar-refractivity contribution in [1.82, 2.24) is 4.90 Å². The lowest BCUT2D eigenvalue weighted by Crippen LogP contribution is -2.31. The summed E-state index contributed by atoms with van der Waals surface area (Å²) >= 11 is -0.435. The first-order chi connectivity index (χ1) is 20.7. The molecule has 3 aromatic rings. The van der Waals surface area contributed by atoms with Gasteiger partial charge in [-0.05, 0) is 83.3 Å². The van der Waals surface area contributed by atoms with E-state index in [1.54, 1.807) is 13.8 Å². The van der Waals surface area contributed by atoms with Gasteiger partial charge in [0.05, 0.1) is 30.8 Å². The van der Waals surface area contributed by atoms with Crippen molar-refractivity contribution in [3.63, 3.8) is 0 Å². The highest BCUT2D eigenvalue weighted by atomic mass is 32.2. The van der Waals surface area contributed by atoms with Gasteiger partial charge in [-0.3, -0.25) is 4.90 Å². The maximum atomic E-state index is 14.8. The van der Waals surface area contributed by atoms with Crippen LogP contribution in [0.15, 0.2) is 53.4 Å². The predicted octanol–water partition coefficient (Wildman–Crippen LogP) is 10.4. The van der Waals surface area contributed by atoms with Crippen LogP contribution >= 0.6 is 11.8 Å². The van der Waals surface area contributed by atoms with Crippen molar-refractivity contribution in [3.8, 4) is 16.9 Å². The van der Waals surface area contributed by atoms with E-state index in [9.17, 15) is 48.7 Å². The van der Waals surface area contributed by atoms with Crippen LogP contribution in [0.25, 0.3) is 11.1 Å². The van der Waals surface area contributed by atoms with Crippen LogP contribution in [0.3, 0.4) is 0 Å². The lowest BCUT2D eigenvalue weighted by atomic mass is 9.93. The van der Waals surface area contributed by atoms with Crippen LogP contribution in [0.2, 0.25) is 0 Å². The van der Waals surface area contributed by atoms with Crippen LogP contribution in [-0.4, -0.2) is 29.7 Å². The SMILES string of the molecule is COc1cc(F)c(C(C)C)cc1-c1ccc(SC(F)(F)F)cc1CN1C(=O)O[C@H](c2cc(C(F)(F)F)cc(C(F)(F)F)c2)[C@@H]1C. The summed E-state index contributed by atoms with van der Waals surface area (Å²) < 4.78 is 146. The van der Waals surface area contributed by atoms with Crippen LogP contribution < -0.4 is 4.74 Å². The summed E-state index contributed by atoms with van der Waals surface area (Å²) in [5, 5.41) is 0. The number of methoxy groups -OCH3 is 1. The molecule has 1 saturated heterocycles. The molecule has 0 aliphatic carbocycles. The van der Waals surface area contributed by atoms with Gasteiger partial charge in [-0.1, -0.05) is 19.9 Å². The van der Waals surface area contributed by atoms with Gasteiger partial charge < -0.3 is 9.47 Å². The molecule has 2 atom stereocenters. The van der Waals surface area contributed by atoms with Gasteiger partial charge in [0.2, 0.25) is 0 Å². The van der Waals surface area contributed by atoms with Crippen LogP contribution in [0, 0.1) is 5.82 Å². The Bertz CT molecular complexity index is 1550. The third-order valence-electron chi connectivity index (χ3n) is 7.21. The molecule has 15 heteroatoms. The Hall–Kier alpha value is -3.62. The minimum absolute atomic E-state index is 0.0351. The number of hydrogen-bond acceptors (Lipinski definition) is 4. The van der Waals surface area contributed by atoms with E-state index < -0.39 is 76.9 Å². The third-order valence-corrected chi connectivity index (χ3v) is 7.93. The van der Waals surface area contributed by atoms with E-state index in [0.717, 1.165) is 17.0 Å². The smallest absolute Gasteiger partial charge is 0.446 e. The first-order valence-electron chi connectivity index (χ1n) is 13.2. The fraction of sp³-hybridized carbons (Fsp3) is 0.367. The number of benzene rings is 3. The normalized spacial score (nSPS) is 17.7. The van der Waals surface area contributed by atoms with E-state index in [1.165, 1.54) is 32.2 Å². The molecular weight excluding hydrogens is 644 g/mol. The Labute approximate surface area is 255 Å². The van der Waals surface area contributed by atoms with Crippen molar-refractivity contribution in [1.29, 1.82) is 0 Å². The molecule has 244 valence electrons. The summed E-state index contributed by atoms with van der Waals surface area (Å²) in [6.07, 6.45) is -13.0. The fourth-order valence-corrected chi connectivity index (χ4v) is 5.65. The minimum Gasteiger partial charge on any atom is -0.496 e. The average molecular weight is 670 g/mol. The van der Waals surface area contributed by atoms with Crippen molar-refractivity contribution in [2.24, 2.45) is 0 Å². The van der Waals surface area contributed by atoms with Gasteiger partial charge in [0.15, 0.2) is 0 Å². The molecule has 0 N–H and O–H groups in total. The number of nitrogens with zero attached hydrogens (tertiary/aromatic N) is 1. The Morgan fingerprint density at radius 3 is 2.00 bits per heavy atom. The Balaban J connectivity index is 1.81. The molecule has 45 heavy (non-hydrogen) atoms. The molecule has 0 radical (unpaired) electrons. The van der Waals surface area contributed by atoms with Gasteiger partial charge in [-0.25, -0.2) is 9.18 Å². The number of thioether (sulfide) groups is 1. The third kappa shape index (κ3) is 7.61. The van der Waals surface area contributed by atoms with Crippen LogP contribution in [0.1, 0.15) is 60.6 Å². The molecule has 4 rings (SSSR count). The van der Waals surface area contributed by atoms with Gasteiger partial charge in [0, 0.05) is 16.5 Å². The summed E-state index contributed by atoms with van der Waals surface area (Å²) in [5.74, 6) is -0.857. The molecule has 1 aliphatic heterocycles. The molecule has 3 aromatic carbocycles. The topological polar surface area (TPSA) is 38.8 Å². The van der Waals surface area contributed by atoms with E-state index in [4.69, 9.17) is 9.47 Å². The first kappa shape index (κ1) is 34.3. The number of ether oxygens (including phenoxy) is 2. The Morgan fingerprint density at radius 2 is 1.49 bits per heavy atom.